The molecule has 0 radical (unpaired) electrons. The van der Waals surface area contributed by atoms with Crippen molar-refractivity contribution in [3.8, 4) is 23.0 Å². The Labute approximate surface area is 812 Å². The summed E-state index contributed by atoms with van der Waals surface area (Å²) in [4.78, 5) is 184. The molecule has 9 amide bonds. The second-order valence-electron chi connectivity index (χ2n) is 32.6. The van der Waals surface area contributed by atoms with Crippen molar-refractivity contribution in [3.05, 3.63) is 360 Å². The highest BCUT2D eigenvalue weighted by atomic mass is 35.5. The number of ether oxygens (including phenoxy) is 6. The number of hydrogen-bond donors (Lipinski definition) is 5. The van der Waals surface area contributed by atoms with Crippen LogP contribution in [0.3, 0.4) is 0 Å². The van der Waals surface area contributed by atoms with E-state index in [1.807, 2.05) is 169 Å². The number of aromatic nitrogens is 4. The Balaban J connectivity index is 0.000000154. The van der Waals surface area contributed by atoms with Gasteiger partial charge in [0.05, 0.1) is 45.4 Å². The van der Waals surface area contributed by atoms with Gasteiger partial charge in [0.1, 0.15) is 60.8 Å². The highest BCUT2D eigenvalue weighted by Crippen LogP contribution is 2.38. The van der Waals surface area contributed by atoms with Gasteiger partial charge in [-0.25, -0.2) is 15.6 Å². The Hall–Kier alpha value is -17.9. The van der Waals surface area contributed by atoms with Crippen molar-refractivity contribution in [2.75, 3.05) is 6.54 Å². The van der Waals surface area contributed by atoms with Crippen LogP contribution in [0.25, 0.3) is 65.9 Å². The van der Waals surface area contributed by atoms with E-state index in [1.54, 1.807) is 149 Å². The number of esters is 2. The normalized spacial score (nSPS) is 12.8. The van der Waals surface area contributed by atoms with Crippen LogP contribution in [0.15, 0.2) is 304 Å². The molecule has 0 saturated carbocycles. The van der Waals surface area contributed by atoms with Crippen molar-refractivity contribution >= 4 is 172 Å². The molecule has 0 aliphatic carbocycles. The minimum absolute atomic E-state index is 0.0227. The lowest BCUT2D eigenvalue weighted by molar-refractivity contribution is -0.156. The molecule has 0 spiro atoms. The summed E-state index contributed by atoms with van der Waals surface area (Å²) in [6.45, 7) is 13.9. The first-order chi connectivity index (χ1) is 67.5. The lowest BCUT2D eigenvalue weighted by Crippen LogP contribution is -2.37. The Morgan fingerprint density at radius 2 is 0.723 bits per heavy atom. The Bertz CT molecular complexity index is 7320. The summed E-state index contributed by atoms with van der Waals surface area (Å²) in [5.74, 6) is 2.42. The van der Waals surface area contributed by atoms with Gasteiger partial charge in [0.25, 0.3) is 58.4 Å². The molecular weight excluding hydrogens is 1820 g/mol. The Morgan fingerprint density at radius 1 is 0.397 bits per heavy atom. The van der Waals surface area contributed by atoms with E-state index in [0.717, 1.165) is 33.2 Å². The zero-order valence-electron chi connectivity index (χ0n) is 77.8. The number of carbonyl (C=O) groups excluding carboxylic acids is 16. The van der Waals surface area contributed by atoms with E-state index < -0.39 is 76.1 Å². The average molecular weight is 1920 g/mol. The molecule has 6 N–H and O–H groups in total. The zero-order valence-corrected chi connectivity index (χ0v) is 78.5. The van der Waals surface area contributed by atoms with Crippen LogP contribution in [0.2, 0.25) is 0 Å². The van der Waals surface area contributed by atoms with E-state index in [4.69, 9.17) is 41.1 Å². The number of ketones is 1. The molecule has 716 valence electrons. The van der Waals surface area contributed by atoms with E-state index in [0.29, 0.717) is 133 Å². The van der Waals surface area contributed by atoms with Crippen molar-refractivity contribution < 1.29 is 105 Å². The standard InChI is InChI=1S/C26H18N2O4.C22H18N2O4.C21H16N2O4.C20H17N3O3.C8H15NO3.C7H5ClO.C4H6O3/c29-24-14-21(25(30)27-24)22-15-28(26(31)18-9-5-2-6-10-18)23-12-11-19(13-20(22)23)32-16-17-7-3-1-4-8-17;1-2-21(26)24-12-18(17-11-20(25)23-22(17)27)16-10-15(8-9-19(16)24)28-13-14-6-4-3-5-7-14;1-13(24)23-11-18(17-10-20(25)22-21(17)26)16-9-15(7-8-19(16)23)27-12-14-5-3-2-4-6-14;1-22-11-17(16-10-19(24)23(21)20(16)25)15-9-14(7-8-18(15)22)26-12-13-5-3-2-4-6-13;1-6(10)5-9-7(11)12-8(2,3)4;8-7(9)6-4-2-1-3-5-6;1-3(5)7-4(2)6/h1-15H,16H2,(H,27,29,30);3-12H,2,13H2,1H3,(H,23,25,27);2-11H,12H2,1H3,(H,22,25,26);2-11H,12,21H2,1H3;5H2,1-4H3,(H,9,11);1-5H;1-2H3. The number of fused-ring (bicyclic) bond motifs is 4. The maximum atomic E-state index is 13.2. The van der Waals surface area contributed by atoms with Crippen molar-refractivity contribution in [3.63, 3.8) is 0 Å². The fourth-order valence-electron chi connectivity index (χ4n) is 14.5. The third-order valence-electron chi connectivity index (χ3n) is 21.0. The summed E-state index contributed by atoms with van der Waals surface area (Å²) in [6.07, 6.45) is 11.4. The fourth-order valence-corrected chi connectivity index (χ4v) is 14.6. The summed E-state index contributed by atoms with van der Waals surface area (Å²) in [7, 11) is 1.89. The number of nitrogens with one attached hydrogen (secondary N) is 4. The van der Waals surface area contributed by atoms with E-state index in [1.165, 1.54) is 65.7 Å². The number of imide groups is 4. The van der Waals surface area contributed by atoms with Gasteiger partial charge in [0.15, 0.2) is 0 Å². The zero-order chi connectivity index (χ0) is 101. The molecule has 8 heterocycles. The molecule has 0 unspecified atom stereocenters. The number of carbonyl (C=O) groups is 16. The molecule has 4 aromatic heterocycles. The predicted molar refractivity (Wildman–Crippen MR) is 527 cm³/mol. The lowest BCUT2D eigenvalue weighted by Gasteiger charge is -2.19. The second-order valence-corrected chi connectivity index (χ2v) is 33.0. The molecule has 14 aromatic rings. The first-order valence-electron chi connectivity index (χ1n) is 43.8. The molecular formula is C108H95ClN10O22. The van der Waals surface area contributed by atoms with Gasteiger partial charge in [-0.05, 0) is 146 Å². The number of hydrogen-bond acceptors (Lipinski definition) is 23. The van der Waals surface area contributed by atoms with E-state index in [9.17, 15) is 76.7 Å². The third-order valence-corrected chi connectivity index (χ3v) is 21.2. The number of Topliss-reactive ketones (excluding diaryl/α,β-unsaturated/α-hetero) is 1. The fraction of sp³-hybridized carbons (Fsp3) is 0.148. The molecule has 0 atom stereocenters. The van der Waals surface area contributed by atoms with E-state index >= 15 is 0 Å². The molecule has 4 aliphatic heterocycles. The molecule has 0 fully saturated rings. The maximum absolute atomic E-state index is 13.2. The van der Waals surface area contributed by atoms with Crippen LogP contribution < -0.4 is 46.1 Å². The number of benzene rings is 10. The topological polar surface area (TPSA) is 426 Å². The van der Waals surface area contributed by atoms with Crippen LogP contribution in [0.5, 0.6) is 23.0 Å². The SMILES string of the molecule is CC(=O)CNC(=O)OC(C)(C)C.CC(=O)OC(C)=O.CC(=O)n1cc(C2=CC(=O)NC2=O)c2cc(OCc3ccccc3)ccc21.CCC(=O)n1cc(C2=CC(=O)NC2=O)c2cc(OCc3ccccc3)ccc21.Cn1cc(C2=CC(=O)N(N)C2=O)c2cc(OCc3ccccc3)ccc21.O=C(Cl)c1ccccc1.O=C1C=C(c2cn(C(=O)c3ccccc3)c3ccc(OCc4ccccc4)cc23)C(=O)N1. The number of rotatable bonds is 21. The van der Waals surface area contributed by atoms with Crippen LogP contribution >= 0.6 is 11.6 Å². The van der Waals surface area contributed by atoms with Gasteiger partial charge in [-0.2, -0.15) is 0 Å². The Kier molecular flexibility index (Phi) is 34.0. The van der Waals surface area contributed by atoms with Crippen LogP contribution in [0.4, 0.5) is 4.79 Å². The number of halogens is 1. The summed E-state index contributed by atoms with van der Waals surface area (Å²) in [5.41, 5.74) is 10.8. The van der Waals surface area contributed by atoms with Crippen molar-refractivity contribution in [2.24, 2.45) is 12.9 Å². The minimum atomic E-state index is -0.562. The van der Waals surface area contributed by atoms with Crippen molar-refractivity contribution in [2.45, 2.75) is 93.8 Å². The lowest BCUT2D eigenvalue weighted by atomic mass is 10.1. The number of aryl methyl sites for hydroxylation is 1. The molecule has 32 nitrogen and oxygen atoms in total. The van der Waals surface area contributed by atoms with Crippen molar-refractivity contribution in [1.29, 1.82) is 0 Å². The van der Waals surface area contributed by atoms with Crippen LogP contribution in [-0.4, -0.2) is 129 Å². The summed E-state index contributed by atoms with van der Waals surface area (Å²) < 4.78 is 38.8. The highest BCUT2D eigenvalue weighted by Gasteiger charge is 2.34. The van der Waals surface area contributed by atoms with Gasteiger partial charge in [0.2, 0.25) is 11.8 Å². The van der Waals surface area contributed by atoms with Gasteiger partial charge in [0, 0.05) is 144 Å². The molecule has 10 aromatic carbocycles. The Morgan fingerprint density at radius 3 is 1.03 bits per heavy atom. The average Bonchev–Trinajstić information content (AvgIpc) is 1.62. The second kappa shape index (κ2) is 47.0. The van der Waals surface area contributed by atoms with Gasteiger partial charge < -0.3 is 38.3 Å². The van der Waals surface area contributed by atoms with Crippen LogP contribution in [0, 0.1) is 0 Å². The molecule has 33 heteroatoms. The summed E-state index contributed by atoms with van der Waals surface area (Å²) in [5, 5.41) is 12.1. The molecule has 18 rings (SSSR count). The predicted octanol–water partition coefficient (Wildman–Crippen LogP) is 15.8. The smallest absolute Gasteiger partial charge is 0.408 e. The quantitative estimate of drug-likeness (QED) is 0.0111. The summed E-state index contributed by atoms with van der Waals surface area (Å²) in [6, 6.07) is 78.6. The molecule has 141 heavy (non-hydrogen) atoms. The largest absolute Gasteiger partial charge is 0.489 e. The highest BCUT2D eigenvalue weighted by molar-refractivity contribution is 6.67. The number of alkyl carbamates (subject to hydrolysis) is 1. The van der Waals surface area contributed by atoms with Crippen LogP contribution in [-0.2, 0) is 95.7 Å². The minimum Gasteiger partial charge on any atom is -0.489 e. The monoisotopic (exact) mass is 1920 g/mol. The van der Waals surface area contributed by atoms with Gasteiger partial charge in [-0.1, -0.05) is 177 Å². The maximum Gasteiger partial charge on any atom is 0.408 e. The van der Waals surface area contributed by atoms with E-state index in [2.05, 4.69) is 26.0 Å². The number of nitrogens with two attached hydrogens (primary N) is 1. The third kappa shape index (κ3) is 27.3. The van der Waals surface area contributed by atoms with Crippen molar-refractivity contribution in [1.82, 2.24) is 44.5 Å². The van der Waals surface area contributed by atoms with Gasteiger partial charge in [-0.15, -0.1) is 0 Å². The number of hydrazine groups is 1. The molecule has 4 aliphatic rings. The molecule has 0 saturated heterocycles. The first kappa shape index (κ1) is 102. The summed E-state index contributed by atoms with van der Waals surface area (Å²) >= 11 is 5.16. The number of nitrogens with zero attached hydrogens (tertiary/aromatic N) is 5. The van der Waals surface area contributed by atoms with Gasteiger partial charge in [-0.3, -0.25) is 102 Å². The molecule has 0 bridgehead atoms. The van der Waals surface area contributed by atoms with Gasteiger partial charge >= 0.3 is 18.0 Å². The number of amides is 9. The van der Waals surface area contributed by atoms with E-state index in [-0.39, 0.29) is 46.8 Å². The van der Waals surface area contributed by atoms with Crippen LogP contribution in [0.1, 0.15) is 137 Å². The first-order valence-corrected chi connectivity index (χ1v) is 44.2.